The van der Waals surface area contributed by atoms with Crippen molar-refractivity contribution >= 4 is 34.0 Å². The molecule has 0 spiro atoms. The molecule has 0 aliphatic rings. The van der Waals surface area contributed by atoms with E-state index in [1.165, 1.54) is 24.3 Å². The van der Waals surface area contributed by atoms with Crippen molar-refractivity contribution in [1.82, 2.24) is 4.98 Å². The van der Waals surface area contributed by atoms with Crippen LogP contribution in [0.5, 0.6) is 0 Å². The number of nitrogens with one attached hydrogen (secondary N) is 1. The molecule has 152 valence electrons. The first-order valence-electron chi connectivity index (χ1n) is 8.60. The molecule has 2 aromatic carbocycles. The average molecular weight is 449 g/mol. The lowest BCUT2D eigenvalue weighted by atomic mass is 10.1. The molecule has 1 amide bonds. The molecule has 0 fully saturated rings. The first-order valence-corrected chi connectivity index (χ1v) is 9.86. The van der Waals surface area contributed by atoms with Crippen molar-refractivity contribution in [3.8, 4) is 22.6 Å². The summed E-state index contributed by atoms with van der Waals surface area (Å²) in [4.78, 5) is 16.9. The second kappa shape index (κ2) is 7.97. The van der Waals surface area contributed by atoms with Crippen LogP contribution in [0.4, 0.5) is 18.3 Å². The van der Waals surface area contributed by atoms with Crippen molar-refractivity contribution < 1.29 is 22.4 Å². The van der Waals surface area contributed by atoms with Crippen LogP contribution < -0.4 is 5.32 Å². The highest BCUT2D eigenvalue weighted by molar-refractivity contribution is 7.14. The summed E-state index contributed by atoms with van der Waals surface area (Å²) in [6.07, 6.45) is -4.84. The third kappa shape index (κ3) is 4.24. The van der Waals surface area contributed by atoms with E-state index in [2.05, 4.69) is 10.3 Å². The lowest BCUT2D eigenvalue weighted by Crippen LogP contribution is -2.16. The number of anilines is 1. The van der Waals surface area contributed by atoms with Crippen molar-refractivity contribution in [2.24, 2.45) is 0 Å². The zero-order valence-electron chi connectivity index (χ0n) is 15.0. The van der Waals surface area contributed by atoms with Crippen LogP contribution in [-0.4, -0.2) is 10.9 Å². The first kappa shape index (κ1) is 20.2. The summed E-state index contributed by atoms with van der Waals surface area (Å²) in [5.74, 6) is -2.42. The number of hydrogen-bond acceptors (Lipinski definition) is 4. The summed E-state index contributed by atoms with van der Waals surface area (Å²) in [5.41, 5.74) is 1.19. The molecule has 9 heteroatoms. The number of nitrogens with zero attached hydrogens (tertiary/aromatic N) is 1. The van der Waals surface area contributed by atoms with Crippen LogP contribution in [0, 0.1) is 0 Å². The Balaban J connectivity index is 1.63. The van der Waals surface area contributed by atoms with E-state index < -0.39 is 23.4 Å². The number of aromatic nitrogens is 1. The zero-order chi connectivity index (χ0) is 21.3. The molecule has 4 nitrogen and oxygen atoms in total. The van der Waals surface area contributed by atoms with Gasteiger partial charge in [-0.1, -0.05) is 41.9 Å². The van der Waals surface area contributed by atoms with Crippen molar-refractivity contribution in [2.75, 3.05) is 5.32 Å². The molecule has 4 aromatic rings. The van der Waals surface area contributed by atoms with Crippen LogP contribution in [0.15, 0.2) is 70.5 Å². The molecular weight excluding hydrogens is 437 g/mol. The van der Waals surface area contributed by atoms with Crippen LogP contribution in [0.3, 0.4) is 0 Å². The maximum absolute atomic E-state index is 13.5. The first-order chi connectivity index (χ1) is 14.3. The molecule has 0 unspecified atom stereocenters. The number of carbonyl (C=O) groups excluding carboxylic acids is 1. The van der Waals surface area contributed by atoms with E-state index in [1.54, 1.807) is 5.38 Å². The fraction of sp³-hybridized carbons (Fsp3) is 0.0476. The summed E-state index contributed by atoms with van der Waals surface area (Å²) >= 11 is 6.93. The molecule has 0 atom stereocenters. The summed E-state index contributed by atoms with van der Waals surface area (Å²) in [6.45, 7) is 0. The molecule has 0 radical (unpaired) electrons. The van der Waals surface area contributed by atoms with Crippen LogP contribution >= 0.6 is 22.9 Å². The van der Waals surface area contributed by atoms with Gasteiger partial charge in [0.05, 0.1) is 11.3 Å². The van der Waals surface area contributed by atoms with E-state index in [4.69, 9.17) is 16.0 Å². The Kier molecular flexibility index (Phi) is 5.36. The number of carbonyl (C=O) groups is 1. The summed E-state index contributed by atoms with van der Waals surface area (Å²) < 4.78 is 45.4. The molecule has 0 saturated carbocycles. The summed E-state index contributed by atoms with van der Waals surface area (Å²) in [6, 6.07) is 16.3. The van der Waals surface area contributed by atoms with E-state index in [9.17, 15) is 18.0 Å². The normalized spacial score (nSPS) is 11.5. The second-order valence-electron chi connectivity index (χ2n) is 6.22. The van der Waals surface area contributed by atoms with Gasteiger partial charge in [-0.3, -0.25) is 10.1 Å². The van der Waals surface area contributed by atoms with Crippen molar-refractivity contribution in [2.45, 2.75) is 6.18 Å². The van der Waals surface area contributed by atoms with E-state index in [-0.39, 0.29) is 10.9 Å². The molecule has 1 N–H and O–H groups in total. The third-order valence-corrected chi connectivity index (χ3v) is 5.17. The Labute approximate surface area is 177 Å². The van der Waals surface area contributed by atoms with Crippen LogP contribution in [0.2, 0.25) is 5.02 Å². The highest BCUT2D eigenvalue weighted by atomic mass is 35.5. The number of benzene rings is 2. The van der Waals surface area contributed by atoms with Gasteiger partial charge in [0.25, 0.3) is 5.91 Å². The highest BCUT2D eigenvalue weighted by Crippen LogP contribution is 2.38. The highest BCUT2D eigenvalue weighted by Gasteiger charge is 2.40. The van der Waals surface area contributed by atoms with Gasteiger partial charge in [0.15, 0.2) is 5.13 Å². The van der Waals surface area contributed by atoms with Gasteiger partial charge in [-0.2, -0.15) is 13.2 Å². The number of furan rings is 1. The molecule has 0 bridgehead atoms. The standard InChI is InChI=1S/C21H12ClF3N2O2S/c22-14-8-6-13(7-9-14)17-10-15(18(29-17)21(23,24)25)19(28)27-20-26-16(11-30-20)12-4-2-1-3-5-12/h1-11H,(H,26,27,28). The number of halogens is 4. The Morgan fingerprint density at radius 3 is 2.40 bits per heavy atom. The number of amides is 1. The predicted octanol–water partition coefficient (Wildman–Crippen LogP) is 6.99. The molecule has 2 aromatic heterocycles. The van der Waals surface area contributed by atoms with Gasteiger partial charge in [0.2, 0.25) is 5.76 Å². The number of alkyl halides is 3. The monoisotopic (exact) mass is 448 g/mol. The molecule has 30 heavy (non-hydrogen) atoms. The number of thiazole rings is 1. The summed E-state index contributed by atoms with van der Waals surface area (Å²) in [7, 11) is 0. The Morgan fingerprint density at radius 2 is 1.73 bits per heavy atom. The third-order valence-electron chi connectivity index (χ3n) is 4.16. The van der Waals surface area contributed by atoms with Crippen molar-refractivity contribution in [3.05, 3.63) is 82.4 Å². The molecule has 0 saturated heterocycles. The molecule has 0 aliphatic carbocycles. The second-order valence-corrected chi connectivity index (χ2v) is 7.51. The predicted molar refractivity (Wildman–Crippen MR) is 110 cm³/mol. The van der Waals surface area contributed by atoms with Crippen molar-refractivity contribution in [3.63, 3.8) is 0 Å². The molecule has 0 aliphatic heterocycles. The van der Waals surface area contributed by atoms with E-state index >= 15 is 0 Å². The summed E-state index contributed by atoms with van der Waals surface area (Å²) in [5, 5.41) is 4.74. The fourth-order valence-electron chi connectivity index (χ4n) is 2.76. The minimum atomic E-state index is -4.84. The van der Waals surface area contributed by atoms with Gasteiger partial charge >= 0.3 is 6.18 Å². The van der Waals surface area contributed by atoms with E-state index in [1.807, 2.05) is 30.3 Å². The molecule has 4 rings (SSSR count). The maximum atomic E-state index is 13.5. The van der Waals surface area contributed by atoms with E-state index in [0.717, 1.165) is 23.0 Å². The van der Waals surface area contributed by atoms with Crippen molar-refractivity contribution in [1.29, 1.82) is 0 Å². The van der Waals surface area contributed by atoms with Gasteiger partial charge in [-0.15, -0.1) is 11.3 Å². The lowest BCUT2D eigenvalue weighted by Gasteiger charge is -2.05. The minimum absolute atomic E-state index is 0.0896. The molecular formula is C21H12ClF3N2O2S. The van der Waals surface area contributed by atoms with Crippen LogP contribution in [-0.2, 0) is 6.18 Å². The zero-order valence-corrected chi connectivity index (χ0v) is 16.6. The Morgan fingerprint density at radius 1 is 1.03 bits per heavy atom. The topological polar surface area (TPSA) is 55.1 Å². The van der Waals surface area contributed by atoms with Gasteiger partial charge in [0.1, 0.15) is 5.76 Å². The lowest BCUT2D eigenvalue weighted by molar-refractivity contribution is -0.153. The van der Waals surface area contributed by atoms with E-state index in [0.29, 0.717) is 16.3 Å². The van der Waals surface area contributed by atoms with Crippen LogP contribution in [0.1, 0.15) is 16.1 Å². The number of hydrogen-bond donors (Lipinski definition) is 1. The van der Waals surface area contributed by atoms with Gasteiger partial charge in [-0.25, -0.2) is 4.98 Å². The largest absolute Gasteiger partial charge is 0.451 e. The van der Waals surface area contributed by atoms with Gasteiger partial charge < -0.3 is 4.42 Å². The SMILES string of the molecule is O=C(Nc1nc(-c2ccccc2)cs1)c1cc(-c2ccc(Cl)cc2)oc1C(F)(F)F. The maximum Gasteiger partial charge on any atom is 0.450 e. The van der Waals surface area contributed by atoms with Gasteiger partial charge in [0, 0.05) is 21.5 Å². The Bertz CT molecular complexity index is 1190. The smallest absolute Gasteiger partial charge is 0.450 e. The number of rotatable bonds is 4. The Hall–Kier alpha value is -3.10. The van der Waals surface area contributed by atoms with Gasteiger partial charge in [-0.05, 0) is 30.3 Å². The average Bonchev–Trinajstić information content (AvgIpc) is 3.36. The minimum Gasteiger partial charge on any atom is -0.451 e. The quantitative estimate of drug-likeness (QED) is 0.366. The molecule has 2 heterocycles. The fourth-order valence-corrected chi connectivity index (χ4v) is 3.60. The van der Waals surface area contributed by atoms with Crippen LogP contribution in [0.25, 0.3) is 22.6 Å².